The summed E-state index contributed by atoms with van der Waals surface area (Å²) in [5, 5.41) is 2.00. The predicted molar refractivity (Wildman–Crippen MR) is 77.0 cm³/mol. The van der Waals surface area contributed by atoms with Crippen LogP contribution in [0.2, 0.25) is 0 Å². The Morgan fingerprint density at radius 1 is 1.00 bits per heavy atom. The van der Waals surface area contributed by atoms with Gasteiger partial charge in [-0.25, -0.2) is 0 Å². The fraction of sp³-hybridized carbons (Fsp3) is 0. The molecule has 1 heterocycles. The van der Waals surface area contributed by atoms with Crippen LogP contribution in [0.25, 0.3) is 10.8 Å². The van der Waals surface area contributed by atoms with Crippen LogP contribution in [0.3, 0.4) is 0 Å². The van der Waals surface area contributed by atoms with E-state index < -0.39 is 0 Å². The Kier molecular flexibility index (Phi) is 3.32. The van der Waals surface area contributed by atoms with Crippen molar-refractivity contribution in [2.24, 2.45) is 0 Å². The van der Waals surface area contributed by atoms with Crippen LogP contribution in [0.4, 0.5) is 0 Å². The van der Waals surface area contributed by atoms with Crippen molar-refractivity contribution in [2.75, 3.05) is 0 Å². The molecule has 0 unspecified atom stereocenters. The van der Waals surface area contributed by atoms with Crippen LogP contribution in [0.1, 0.15) is 5.69 Å². The number of fused-ring (bicyclic) bond motifs is 1. The number of hydrogen-bond donors (Lipinski definition) is 0. The first-order valence-corrected chi connectivity index (χ1v) is 7.13. The van der Waals surface area contributed by atoms with Gasteiger partial charge in [0.05, 0.1) is 0 Å². The molecule has 2 nitrogen and oxygen atoms in total. The van der Waals surface area contributed by atoms with E-state index in [-0.39, 0.29) is 0 Å². The van der Waals surface area contributed by atoms with E-state index in [9.17, 15) is 0 Å². The molecule has 0 saturated carbocycles. The van der Waals surface area contributed by atoms with Gasteiger partial charge in [-0.15, -0.1) is 0 Å². The monoisotopic (exact) mass is 301 g/mol. The second-order valence-electron chi connectivity index (χ2n) is 4.21. The third kappa shape index (κ3) is 2.52. The third-order valence-electron chi connectivity index (χ3n) is 2.85. The zero-order valence-corrected chi connectivity index (χ0v) is 12.6. The Labute approximate surface area is 122 Å². The van der Waals surface area contributed by atoms with E-state index in [4.69, 9.17) is 11.7 Å². The molecule has 88 valence electrons. The normalized spacial score (nSPS) is 10.6. The summed E-state index contributed by atoms with van der Waals surface area (Å²) in [7, 11) is 0. The number of hydrogen-bond acceptors (Lipinski definition) is 2. The quantitative estimate of drug-likeness (QED) is 0.679. The van der Waals surface area contributed by atoms with Crippen molar-refractivity contribution >= 4 is 33.5 Å². The van der Waals surface area contributed by atoms with Crippen molar-refractivity contribution in [3.05, 3.63) is 67.2 Å². The van der Waals surface area contributed by atoms with E-state index in [1.807, 2.05) is 54.6 Å². The summed E-state index contributed by atoms with van der Waals surface area (Å²) in [6.45, 7) is 5.83. The summed E-state index contributed by atoms with van der Waals surface area (Å²) >= 11 is 1.52. The Bertz CT molecular complexity index is 740. The van der Waals surface area contributed by atoms with Crippen molar-refractivity contribution in [3.63, 3.8) is 0 Å². The van der Waals surface area contributed by atoms with Gasteiger partial charge in [-0.05, 0) is 0 Å². The van der Waals surface area contributed by atoms with Crippen LogP contribution >= 0.6 is 0 Å². The van der Waals surface area contributed by atoms with Crippen molar-refractivity contribution in [3.8, 4) is 11.6 Å². The Hall–Kier alpha value is -1.71. The average Bonchev–Trinajstić information content (AvgIpc) is 2.41. The third-order valence-corrected chi connectivity index (χ3v) is 3.85. The topological polar surface area (TPSA) is 22.1 Å². The molecule has 0 atom stereocenters. The molecular weight excluding hydrogens is 292 g/mol. The summed E-state index contributed by atoms with van der Waals surface area (Å²) in [4.78, 5) is 4.30. The molecule has 0 spiro atoms. The van der Waals surface area contributed by atoms with Gasteiger partial charge in [0.25, 0.3) is 0 Å². The first-order valence-electron chi connectivity index (χ1n) is 5.91. The first-order chi connectivity index (χ1) is 9.24. The van der Waals surface area contributed by atoms with E-state index in [1.54, 1.807) is 0 Å². The zero-order chi connectivity index (χ0) is 13.2. The van der Waals surface area contributed by atoms with E-state index >= 15 is 0 Å². The van der Waals surface area contributed by atoms with Gasteiger partial charge in [0.2, 0.25) is 0 Å². The summed E-state index contributed by atoms with van der Waals surface area (Å²) < 4.78 is 7.06. The second-order valence-corrected chi connectivity index (χ2v) is 5.52. The molecule has 3 rings (SSSR count). The number of para-hydroxylation sites is 1. The first kappa shape index (κ1) is 12.3. The molecule has 1 aromatic heterocycles. The molecule has 0 amide bonds. The molecule has 19 heavy (non-hydrogen) atoms. The minimum atomic E-state index is 0.466. The Balaban J connectivity index is 2.13. The average molecular weight is 302 g/mol. The maximum absolute atomic E-state index is 5.93. The molecular formula is C16H10GaNO. The predicted octanol–water partition coefficient (Wildman–Crippen LogP) is 2.88. The van der Waals surface area contributed by atoms with Gasteiger partial charge in [0, 0.05) is 0 Å². The molecule has 3 aromatic rings. The van der Waals surface area contributed by atoms with Crippen LogP contribution in [0, 0.1) is 6.92 Å². The standard InChI is InChI=1S/C16H10NO.Ga/c1-12-11-13-7-5-6-10-15(13)16(17-12)18-14-8-3-2-4-9-14;/h1-8,10-11H;. The molecule has 2 aromatic carbocycles. The van der Waals surface area contributed by atoms with Crippen molar-refractivity contribution in [1.82, 2.24) is 4.98 Å². The summed E-state index contributed by atoms with van der Waals surface area (Å²) in [5.41, 5.74) is 0.466. The van der Waals surface area contributed by atoms with Gasteiger partial charge in [0.1, 0.15) is 0 Å². The number of benzene rings is 2. The van der Waals surface area contributed by atoms with Gasteiger partial charge in [-0.2, -0.15) is 0 Å². The molecule has 3 heteroatoms. The Morgan fingerprint density at radius 3 is 2.58 bits per heavy atom. The molecule has 4 radical (unpaired) electrons. The Morgan fingerprint density at radius 2 is 1.74 bits per heavy atom. The fourth-order valence-electron chi connectivity index (χ4n) is 1.94. The van der Waals surface area contributed by atoms with Gasteiger partial charge >= 0.3 is 122 Å². The SMILES string of the molecule is [CH]c1cc2ccccc2c(Oc2cccc[c]2[Ga])n1. The van der Waals surface area contributed by atoms with E-state index in [2.05, 4.69) is 4.98 Å². The van der Waals surface area contributed by atoms with Crippen molar-refractivity contribution in [2.45, 2.75) is 0 Å². The molecule has 0 aliphatic carbocycles. The van der Waals surface area contributed by atoms with Crippen LogP contribution in [0.5, 0.6) is 11.6 Å². The number of rotatable bonds is 2. The van der Waals surface area contributed by atoms with E-state index in [1.165, 1.54) is 18.6 Å². The summed E-state index contributed by atoms with van der Waals surface area (Å²) in [6.07, 6.45) is 0. The van der Waals surface area contributed by atoms with Crippen molar-refractivity contribution < 1.29 is 4.74 Å². The summed E-state index contributed by atoms with van der Waals surface area (Å²) in [5.74, 6) is 1.38. The van der Waals surface area contributed by atoms with Crippen LogP contribution in [-0.2, 0) is 0 Å². The molecule has 0 aliphatic rings. The van der Waals surface area contributed by atoms with Gasteiger partial charge in [-0.1, -0.05) is 0 Å². The van der Waals surface area contributed by atoms with Crippen LogP contribution < -0.4 is 8.85 Å². The molecule has 0 N–H and O–H groups in total. The number of aromatic nitrogens is 1. The minimum absolute atomic E-state index is 0.466. The van der Waals surface area contributed by atoms with Gasteiger partial charge in [-0.3, -0.25) is 0 Å². The van der Waals surface area contributed by atoms with E-state index in [0.717, 1.165) is 20.6 Å². The number of ether oxygens (including phenoxy) is 1. The van der Waals surface area contributed by atoms with Crippen molar-refractivity contribution in [1.29, 1.82) is 0 Å². The van der Waals surface area contributed by atoms with Gasteiger partial charge < -0.3 is 0 Å². The maximum atomic E-state index is 5.93. The second kappa shape index (κ2) is 5.11. The zero-order valence-electron chi connectivity index (χ0n) is 10.2. The fourth-order valence-corrected chi connectivity index (χ4v) is 2.50. The van der Waals surface area contributed by atoms with E-state index in [0.29, 0.717) is 11.6 Å². The van der Waals surface area contributed by atoms with Crippen LogP contribution in [0.15, 0.2) is 54.6 Å². The molecule has 0 bridgehead atoms. The number of nitrogens with zero attached hydrogens (tertiary/aromatic N) is 1. The number of pyridine rings is 1. The van der Waals surface area contributed by atoms with Crippen LogP contribution in [-0.4, -0.2) is 23.6 Å². The molecule has 0 aliphatic heterocycles. The molecule has 0 saturated heterocycles. The summed E-state index contributed by atoms with van der Waals surface area (Å²) in [6, 6.07) is 17.7. The molecule has 0 fully saturated rings. The van der Waals surface area contributed by atoms with Gasteiger partial charge in [0.15, 0.2) is 0 Å².